The van der Waals surface area contributed by atoms with Crippen molar-refractivity contribution in [2.24, 2.45) is 0 Å². The maximum atomic E-state index is 12.0. The largest absolute Gasteiger partial charge is 0.378 e. The number of hydrogen-bond donors (Lipinski definition) is 2. The summed E-state index contributed by atoms with van der Waals surface area (Å²) in [5.41, 5.74) is 1.57. The summed E-state index contributed by atoms with van der Waals surface area (Å²) < 4.78 is 5.27. The summed E-state index contributed by atoms with van der Waals surface area (Å²) in [4.78, 5) is 13.5. The third-order valence-electron chi connectivity index (χ3n) is 3.02. The van der Waals surface area contributed by atoms with Crippen LogP contribution in [-0.4, -0.2) is 46.7 Å². The minimum absolute atomic E-state index is 0.0883. The second kappa shape index (κ2) is 5.81. The van der Waals surface area contributed by atoms with Gasteiger partial charge in [-0.15, -0.1) is 0 Å². The number of benzene rings is 1. The van der Waals surface area contributed by atoms with Crippen LogP contribution in [0.4, 0.5) is 5.69 Å². The lowest BCUT2D eigenvalue weighted by molar-refractivity contribution is -0.120. The zero-order valence-corrected chi connectivity index (χ0v) is 10.8. The minimum atomic E-state index is -0.295. The summed E-state index contributed by atoms with van der Waals surface area (Å²) in [6, 6.07) is 7.04. The molecule has 0 aliphatic carbocycles. The van der Waals surface area contributed by atoms with Gasteiger partial charge in [-0.25, -0.2) is 0 Å². The number of aromatic nitrogens is 3. The van der Waals surface area contributed by atoms with Gasteiger partial charge in [-0.05, 0) is 24.3 Å². The van der Waals surface area contributed by atoms with Crippen LogP contribution in [0.5, 0.6) is 0 Å². The van der Waals surface area contributed by atoms with E-state index in [4.69, 9.17) is 4.74 Å². The number of anilines is 1. The second-order valence-electron chi connectivity index (χ2n) is 4.44. The van der Waals surface area contributed by atoms with Crippen LogP contribution in [0.25, 0.3) is 5.69 Å². The van der Waals surface area contributed by atoms with E-state index in [1.165, 1.54) is 4.80 Å². The third kappa shape index (κ3) is 2.84. The van der Waals surface area contributed by atoms with Crippen molar-refractivity contribution in [2.75, 3.05) is 25.1 Å². The molecule has 0 radical (unpaired) electrons. The summed E-state index contributed by atoms with van der Waals surface area (Å²) in [7, 11) is 0. The van der Waals surface area contributed by atoms with Gasteiger partial charge in [0, 0.05) is 12.2 Å². The molecule has 1 atom stereocenters. The molecule has 0 spiro atoms. The Hall–Kier alpha value is -2.25. The van der Waals surface area contributed by atoms with Crippen molar-refractivity contribution in [3.63, 3.8) is 0 Å². The number of ether oxygens (including phenoxy) is 1. The molecule has 7 heteroatoms. The zero-order valence-electron chi connectivity index (χ0n) is 10.8. The SMILES string of the molecule is O=C(Nc1ccc(-n2nccn2)cc1)C1COCCN1. The van der Waals surface area contributed by atoms with Crippen LogP contribution in [-0.2, 0) is 9.53 Å². The lowest BCUT2D eigenvalue weighted by Gasteiger charge is -2.22. The predicted octanol–water partition coefficient (Wildman–Crippen LogP) is 0.194. The molecule has 1 aliphatic heterocycles. The van der Waals surface area contributed by atoms with Gasteiger partial charge in [-0.3, -0.25) is 4.79 Å². The highest BCUT2D eigenvalue weighted by Gasteiger charge is 2.20. The van der Waals surface area contributed by atoms with Gasteiger partial charge in [0.1, 0.15) is 6.04 Å². The molecule has 2 heterocycles. The summed E-state index contributed by atoms with van der Waals surface area (Å²) >= 11 is 0. The van der Waals surface area contributed by atoms with E-state index < -0.39 is 0 Å². The van der Waals surface area contributed by atoms with E-state index in [-0.39, 0.29) is 11.9 Å². The first kappa shape index (κ1) is 12.8. The maximum absolute atomic E-state index is 12.0. The highest BCUT2D eigenvalue weighted by molar-refractivity contribution is 5.95. The van der Waals surface area contributed by atoms with Crippen molar-refractivity contribution in [3.8, 4) is 5.69 Å². The first-order valence-corrected chi connectivity index (χ1v) is 6.42. The Morgan fingerprint density at radius 3 is 2.70 bits per heavy atom. The smallest absolute Gasteiger partial charge is 0.243 e. The molecule has 1 aromatic carbocycles. The van der Waals surface area contributed by atoms with Gasteiger partial charge in [0.05, 0.1) is 31.3 Å². The molecule has 104 valence electrons. The van der Waals surface area contributed by atoms with Crippen molar-refractivity contribution in [3.05, 3.63) is 36.7 Å². The Morgan fingerprint density at radius 1 is 1.30 bits per heavy atom. The number of morpholine rings is 1. The fourth-order valence-electron chi connectivity index (χ4n) is 1.99. The quantitative estimate of drug-likeness (QED) is 0.834. The first-order chi connectivity index (χ1) is 9.83. The maximum Gasteiger partial charge on any atom is 0.243 e. The Morgan fingerprint density at radius 2 is 2.05 bits per heavy atom. The van der Waals surface area contributed by atoms with Crippen molar-refractivity contribution >= 4 is 11.6 Å². The topological polar surface area (TPSA) is 81.1 Å². The Kier molecular flexibility index (Phi) is 3.71. The number of carbonyl (C=O) groups excluding carboxylic acids is 1. The van der Waals surface area contributed by atoms with Crippen molar-refractivity contribution < 1.29 is 9.53 Å². The molecule has 1 amide bonds. The highest BCUT2D eigenvalue weighted by Crippen LogP contribution is 2.12. The van der Waals surface area contributed by atoms with Gasteiger partial charge in [0.15, 0.2) is 0 Å². The fraction of sp³-hybridized carbons (Fsp3) is 0.308. The summed E-state index contributed by atoms with van der Waals surface area (Å²) in [6.45, 7) is 1.75. The minimum Gasteiger partial charge on any atom is -0.378 e. The van der Waals surface area contributed by atoms with E-state index in [1.54, 1.807) is 12.4 Å². The molecule has 1 unspecified atom stereocenters. The number of rotatable bonds is 3. The molecule has 1 aliphatic rings. The predicted molar refractivity (Wildman–Crippen MR) is 72.6 cm³/mol. The van der Waals surface area contributed by atoms with E-state index in [9.17, 15) is 4.79 Å². The molecular weight excluding hydrogens is 258 g/mol. The number of hydrogen-bond acceptors (Lipinski definition) is 5. The van der Waals surface area contributed by atoms with Gasteiger partial charge in [-0.1, -0.05) is 0 Å². The number of nitrogens with one attached hydrogen (secondary N) is 2. The first-order valence-electron chi connectivity index (χ1n) is 6.42. The lowest BCUT2D eigenvalue weighted by Crippen LogP contribution is -2.48. The fourth-order valence-corrected chi connectivity index (χ4v) is 1.99. The number of carbonyl (C=O) groups is 1. The molecule has 1 saturated heterocycles. The van der Waals surface area contributed by atoms with Gasteiger partial charge < -0.3 is 15.4 Å². The van der Waals surface area contributed by atoms with Gasteiger partial charge in [-0.2, -0.15) is 15.0 Å². The Balaban J connectivity index is 1.64. The molecular formula is C13H15N5O2. The standard InChI is InChI=1S/C13H15N5O2/c19-13(12-9-20-8-7-14-12)17-10-1-3-11(4-2-10)18-15-5-6-16-18/h1-6,12,14H,7-9H2,(H,17,19). The molecule has 1 aromatic heterocycles. The molecule has 3 rings (SSSR count). The molecule has 0 bridgehead atoms. The van der Waals surface area contributed by atoms with Crippen LogP contribution in [0.3, 0.4) is 0 Å². The van der Waals surface area contributed by atoms with Crippen LogP contribution < -0.4 is 10.6 Å². The van der Waals surface area contributed by atoms with Crippen LogP contribution in [0.2, 0.25) is 0 Å². The molecule has 2 aromatic rings. The van der Waals surface area contributed by atoms with Crippen LogP contribution in [0.15, 0.2) is 36.7 Å². The normalized spacial score (nSPS) is 18.7. The van der Waals surface area contributed by atoms with Crippen molar-refractivity contribution in [1.29, 1.82) is 0 Å². The van der Waals surface area contributed by atoms with E-state index in [2.05, 4.69) is 20.8 Å². The molecule has 0 saturated carbocycles. The monoisotopic (exact) mass is 273 g/mol. The summed E-state index contributed by atoms with van der Waals surface area (Å²) in [6.07, 6.45) is 3.23. The van der Waals surface area contributed by atoms with Crippen molar-refractivity contribution in [2.45, 2.75) is 6.04 Å². The molecule has 7 nitrogen and oxygen atoms in total. The average molecular weight is 273 g/mol. The molecule has 2 N–H and O–H groups in total. The zero-order chi connectivity index (χ0) is 13.8. The Bertz CT molecular complexity index is 561. The van der Waals surface area contributed by atoms with Gasteiger partial charge in [0.2, 0.25) is 5.91 Å². The highest BCUT2D eigenvalue weighted by atomic mass is 16.5. The second-order valence-corrected chi connectivity index (χ2v) is 4.44. The van der Waals surface area contributed by atoms with Gasteiger partial charge in [0.25, 0.3) is 0 Å². The van der Waals surface area contributed by atoms with E-state index in [0.29, 0.717) is 19.8 Å². The average Bonchev–Trinajstić information content (AvgIpc) is 3.03. The van der Waals surface area contributed by atoms with Crippen LogP contribution in [0, 0.1) is 0 Å². The molecule has 20 heavy (non-hydrogen) atoms. The Labute approximate surface area is 115 Å². The van der Waals surface area contributed by atoms with Crippen molar-refractivity contribution in [1.82, 2.24) is 20.3 Å². The third-order valence-corrected chi connectivity index (χ3v) is 3.02. The van der Waals surface area contributed by atoms with E-state index >= 15 is 0 Å². The van der Waals surface area contributed by atoms with Crippen LogP contribution >= 0.6 is 0 Å². The lowest BCUT2D eigenvalue weighted by atomic mass is 10.2. The number of amides is 1. The summed E-state index contributed by atoms with van der Waals surface area (Å²) in [5.74, 6) is -0.0883. The van der Waals surface area contributed by atoms with Gasteiger partial charge >= 0.3 is 0 Å². The summed E-state index contributed by atoms with van der Waals surface area (Å²) in [5, 5.41) is 14.0. The van der Waals surface area contributed by atoms with Crippen LogP contribution in [0.1, 0.15) is 0 Å². The van der Waals surface area contributed by atoms with E-state index in [1.807, 2.05) is 24.3 Å². The van der Waals surface area contributed by atoms with E-state index in [0.717, 1.165) is 11.4 Å². The number of nitrogens with zero attached hydrogens (tertiary/aromatic N) is 3. The molecule has 1 fully saturated rings.